The zero-order valence-corrected chi connectivity index (χ0v) is 13.4. The van der Waals surface area contributed by atoms with Gasteiger partial charge in [0.1, 0.15) is 6.33 Å². The maximum absolute atomic E-state index is 4.67. The molecule has 0 saturated carbocycles. The molecule has 0 aromatic carbocycles. The number of rotatable bonds is 2. The fourth-order valence-electron chi connectivity index (χ4n) is 2.57. The van der Waals surface area contributed by atoms with Crippen molar-refractivity contribution in [1.82, 2.24) is 29.9 Å². The van der Waals surface area contributed by atoms with E-state index >= 15 is 0 Å². The first-order valence-corrected chi connectivity index (χ1v) is 7.64. The van der Waals surface area contributed by atoms with E-state index < -0.39 is 0 Å². The lowest BCUT2D eigenvalue weighted by Crippen LogP contribution is -2.57. The average Bonchev–Trinajstić information content (AvgIpc) is 2.98. The minimum atomic E-state index is 0.515. The maximum atomic E-state index is 4.67. The van der Waals surface area contributed by atoms with Crippen molar-refractivity contribution in [2.75, 3.05) is 25.0 Å². The van der Waals surface area contributed by atoms with Crippen LogP contribution in [0.25, 0.3) is 16.8 Å². The molecule has 7 nitrogen and oxygen atoms in total. The van der Waals surface area contributed by atoms with Gasteiger partial charge in [-0.3, -0.25) is 4.40 Å². The lowest BCUT2D eigenvalue weighted by Gasteiger charge is -2.39. The Morgan fingerprint density at radius 2 is 2.05 bits per heavy atom. The van der Waals surface area contributed by atoms with Crippen LogP contribution in [0, 0.1) is 6.92 Å². The van der Waals surface area contributed by atoms with E-state index in [9.17, 15) is 0 Å². The van der Waals surface area contributed by atoms with Crippen LogP contribution in [0.3, 0.4) is 0 Å². The van der Waals surface area contributed by atoms with Crippen LogP contribution in [-0.2, 0) is 0 Å². The van der Waals surface area contributed by atoms with Gasteiger partial charge in [0.05, 0.1) is 5.52 Å². The van der Waals surface area contributed by atoms with Crippen LogP contribution < -0.4 is 10.2 Å². The van der Waals surface area contributed by atoms with E-state index in [2.05, 4.69) is 36.4 Å². The van der Waals surface area contributed by atoms with Crippen molar-refractivity contribution in [3.63, 3.8) is 0 Å². The van der Waals surface area contributed by atoms with E-state index in [0.29, 0.717) is 6.04 Å². The summed E-state index contributed by atoms with van der Waals surface area (Å²) in [5.74, 6) is 0.859. The Balaban J connectivity index is 0.000000693. The van der Waals surface area contributed by atoms with Gasteiger partial charge in [0.25, 0.3) is 0 Å². The molecule has 1 saturated heterocycles. The largest absolute Gasteiger partial charge is 0.350 e. The summed E-state index contributed by atoms with van der Waals surface area (Å²) in [5, 5.41) is 11.5. The zero-order valence-electron chi connectivity index (χ0n) is 13.4. The van der Waals surface area contributed by atoms with E-state index in [-0.39, 0.29) is 0 Å². The van der Waals surface area contributed by atoms with Crippen LogP contribution in [0.1, 0.15) is 19.4 Å². The van der Waals surface area contributed by atoms with E-state index in [1.165, 1.54) is 0 Å². The summed E-state index contributed by atoms with van der Waals surface area (Å²) in [6.07, 6.45) is 3.56. The van der Waals surface area contributed by atoms with Crippen molar-refractivity contribution in [2.45, 2.75) is 26.8 Å². The van der Waals surface area contributed by atoms with E-state index in [0.717, 1.165) is 41.3 Å². The van der Waals surface area contributed by atoms with Gasteiger partial charge in [0.2, 0.25) is 5.65 Å². The molecule has 3 aromatic heterocycles. The molecule has 116 valence electrons. The zero-order chi connectivity index (χ0) is 15.7. The summed E-state index contributed by atoms with van der Waals surface area (Å²) in [5.41, 5.74) is 3.56. The molecule has 0 aliphatic carbocycles. The summed E-state index contributed by atoms with van der Waals surface area (Å²) in [6, 6.07) is 2.57. The molecule has 0 bridgehead atoms. The van der Waals surface area contributed by atoms with Gasteiger partial charge >= 0.3 is 0 Å². The maximum Gasteiger partial charge on any atom is 0.204 e. The molecule has 22 heavy (non-hydrogen) atoms. The number of hydrogen-bond donors (Lipinski definition) is 1. The molecule has 3 aromatic rings. The number of hydrogen-bond acceptors (Lipinski definition) is 6. The molecule has 0 atom stereocenters. The summed E-state index contributed by atoms with van der Waals surface area (Å²) < 4.78 is 1.96. The number of likely N-dealkylation sites (N-methyl/N-ethyl adjacent to an activating group) is 1. The van der Waals surface area contributed by atoms with Crippen LogP contribution in [-0.4, -0.2) is 50.7 Å². The van der Waals surface area contributed by atoms with Crippen molar-refractivity contribution >= 4 is 22.6 Å². The number of pyridine rings is 1. The molecule has 4 heterocycles. The number of nitrogens with zero attached hydrogens (tertiary/aromatic N) is 6. The standard InChI is InChI=1S/C13H15N7.C2H6/c1-8-3-10-11(15-4-8)17-12(13-18-16-7-20(10)13)19-5-9(6-19)14-2;1-2/h3-4,7,9,14H,5-6H2,1-2H3;1-2H3. The third-order valence-corrected chi connectivity index (χ3v) is 3.79. The van der Waals surface area contributed by atoms with Crippen LogP contribution >= 0.6 is 0 Å². The molecular formula is C15H21N7. The Morgan fingerprint density at radius 3 is 2.77 bits per heavy atom. The Hall–Kier alpha value is -2.28. The Morgan fingerprint density at radius 1 is 1.27 bits per heavy atom. The van der Waals surface area contributed by atoms with Crippen molar-refractivity contribution < 1.29 is 0 Å². The fraction of sp³-hybridized carbons (Fsp3) is 0.467. The summed E-state index contributed by atoms with van der Waals surface area (Å²) >= 11 is 0. The van der Waals surface area contributed by atoms with Gasteiger partial charge in [-0.25, -0.2) is 9.97 Å². The molecule has 0 unspecified atom stereocenters. The van der Waals surface area contributed by atoms with Crippen LogP contribution in [0.5, 0.6) is 0 Å². The minimum absolute atomic E-state index is 0.515. The van der Waals surface area contributed by atoms with Crippen molar-refractivity contribution in [3.8, 4) is 0 Å². The van der Waals surface area contributed by atoms with Crippen LogP contribution in [0.15, 0.2) is 18.6 Å². The second-order valence-electron chi connectivity index (χ2n) is 5.21. The molecular weight excluding hydrogens is 278 g/mol. The number of aryl methyl sites for hydroxylation is 1. The monoisotopic (exact) mass is 299 g/mol. The Labute approximate surface area is 129 Å². The predicted molar refractivity (Wildman–Crippen MR) is 87.2 cm³/mol. The molecule has 7 heteroatoms. The molecule has 1 aliphatic rings. The smallest absolute Gasteiger partial charge is 0.204 e. The summed E-state index contributed by atoms with van der Waals surface area (Å²) in [7, 11) is 1.98. The minimum Gasteiger partial charge on any atom is -0.350 e. The van der Waals surface area contributed by atoms with Crippen LogP contribution in [0.4, 0.5) is 5.82 Å². The highest BCUT2D eigenvalue weighted by molar-refractivity contribution is 5.80. The second-order valence-corrected chi connectivity index (χ2v) is 5.21. The SMILES string of the molecule is CC.CNC1CN(c2nc3ncc(C)cc3n3cnnc23)C1. The van der Waals surface area contributed by atoms with Gasteiger partial charge in [0, 0.05) is 25.3 Å². The van der Waals surface area contributed by atoms with Crippen molar-refractivity contribution in [2.24, 2.45) is 0 Å². The first-order valence-electron chi connectivity index (χ1n) is 7.64. The molecule has 1 aliphatic heterocycles. The van der Waals surface area contributed by atoms with Gasteiger partial charge in [-0.2, -0.15) is 0 Å². The lowest BCUT2D eigenvalue weighted by molar-refractivity contribution is 0.448. The quantitative estimate of drug-likeness (QED) is 0.771. The highest BCUT2D eigenvalue weighted by atomic mass is 15.3. The van der Waals surface area contributed by atoms with Gasteiger partial charge in [-0.15, -0.1) is 10.2 Å². The third kappa shape index (κ3) is 2.27. The molecule has 1 fully saturated rings. The number of fused-ring (bicyclic) bond motifs is 3. The fourth-order valence-corrected chi connectivity index (χ4v) is 2.57. The highest BCUT2D eigenvalue weighted by Crippen LogP contribution is 2.25. The molecule has 0 radical (unpaired) electrons. The summed E-state index contributed by atoms with van der Waals surface area (Å²) in [6.45, 7) is 7.89. The third-order valence-electron chi connectivity index (χ3n) is 3.79. The summed E-state index contributed by atoms with van der Waals surface area (Å²) in [4.78, 5) is 11.3. The number of aromatic nitrogens is 5. The number of anilines is 1. The first-order chi connectivity index (χ1) is 10.8. The average molecular weight is 299 g/mol. The van der Waals surface area contributed by atoms with E-state index in [4.69, 9.17) is 0 Å². The van der Waals surface area contributed by atoms with Gasteiger partial charge in [-0.05, 0) is 25.6 Å². The van der Waals surface area contributed by atoms with Gasteiger partial charge in [-0.1, -0.05) is 13.8 Å². The number of nitrogens with one attached hydrogen (secondary N) is 1. The predicted octanol–water partition coefficient (Wildman–Crippen LogP) is 1.42. The molecule has 1 N–H and O–H groups in total. The highest BCUT2D eigenvalue weighted by Gasteiger charge is 2.29. The molecule has 4 rings (SSSR count). The van der Waals surface area contributed by atoms with Crippen LogP contribution in [0.2, 0.25) is 0 Å². The van der Waals surface area contributed by atoms with Gasteiger partial charge < -0.3 is 10.2 Å². The Kier molecular flexibility index (Phi) is 3.89. The van der Waals surface area contributed by atoms with E-state index in [1.54, 1.807) is 6.33 Å². The van der Waals surface area contributed by atoms with E-state index in [1.807, 2.05) is 38.4 Å². The Bertz CT molecular complexity index is 789. The molecule has 0 amide bonds. The lowest BCUT2D eigenvalue weighted by atomic mass is 10.1. The second kappa shape index (κ2) is 5.84. The van der Waals surface area contributed by atoms with Gasteiger partial charge in [0.15, 0.2) is 11.5 Å². The van der Waals surface area contributed by atoms with Crippen molar-refractivity contribution in [3.05, 3.63) is 24.2 Å². The topological polar surface area (TPSA) is 71.2 Å². The van der Waals surface area contributed by atoms with Crippen molar-refractivity contribution in [1.29, 1.82) is 0 Å². The normalized spacial score (nSPS) is 14.8. The molecule has 0 spiro atoms. The first kappa shape index (κ1) is 14.6.